The fourth-order valence-electron chi connectivity index (χ4n) is 1.62. The second-order valence-corrected chi connectivity index (χ2v) is 3.87. The van der Waals surface area contributed by atoms with Gasteiger partial charge in [0.1, 0.15) is 0 Å². The van der Waals surface area contributed by atoms with Gasteiger partial charge >= 0.3 is 5.76 Å². The molecule has 0 saturated carbocycles. The number of amides is 1. The Labute approximate surface area is 98.0 Å². The summed E-state index contributed by atoms with van der Waals surface area (Å²) in [6.45, 7) is 2.62. The van der Waals surface area contributed by atoms with E-state index in [4.69, 9.17) is 4.42 Å². The third-order valence-electron chi connectivity index (χ3n) is 2.59. The molecular weight excluding hydrogens is 220 g/mol. The lowest BCUT2D eigenvalue weighted by molar-refractivity contribution is 0.0953. The van der Waals surface area contributed by atoms with Crippen LogP contribution in [0.1, 0.15) is 23.7 Å². The average molecular weight is 234 g/mol. The van der Waals surface area contributed by atoms with E-state index in [1.165, 1.54) is 4.57 Å². The summed E-state index contributed by atoms with van der Waals surface area (Å²) in [5.74, 6) is -0.577. The normalized spacial score (nSPS) is 10.7. The molecule has 2 aromatic rings. The topological polar surface area (TPSA) is 64.2 Å². The number of benzene rings is 1. The Morgan fingerprint density at radius 2 is 2.24 bits per heavy atom. The number of rotatable bonds is 3. The van der Waals surface area contributed by atoms with E-state index in [1.54, 1.807) is 25.2 Å². The molecule has 0 aliphatic carbocycles. The first kappa shape index (κ1) is 11.4. The van der Waals surface area contributed by atoms with Gasteiger partial charge in [-0.3, -0.25) is 9.36 Å². The Bertz CT molecular complexity index is 610. The van der Waals surface area contributed by atoms with Gasteiger partial charge in [0.15, 0.2) is 5.58 Å². The molecule has 17 heavy (non-hydrogen) atoms. The Kier molecular flexibility index (Phi) is 2.99. The van der Waals surface area contributed by atoms with E-state index in [1.807, 2.05) is 6.92 Å². The lowest BCUT2D eigenvalue weighted by Crippen LogP contribution is -2.23. The number of oxazole rings is 1. The maximum Gasteiger partial charge on any atom is 0.419 e. The third-order valence-corrected chi connectivity index (χ3v) is 2.59. The van der Waals surface area contributed by atoms with E-state index in [9.17, 15) is 9.59 Å². The van der Waals surface area contributed by atoms with Crippen molar-refractivity contribution in [1.29, 1.82) is 0 Å². The zero-order valence-corrected chi connectivity index (χ0v) is 9.82. The smallest absolute Gasteiger partial charge is 0.408 e. The molecule has 2 rings (SSSR count). The monoisotopic (exact) mass is 234 g/mol. The Balaban J connectivity index is 2.38. The molecule has 0 aliphatic heterocycles. The van der Waals surface area contributed by atoms with Crippen LogP contribution in [0.25, 0.3) is 11.1 Å². The molecule has 1 aromatic heterocycles. The van der Waals surface area contributed by atoms with Gasteiger partial charge in [-0.1, -0.05) is 6.92 Å². The molecule has 0 spiro atoms. The first-order valence-corrected chi connectivity index (χ1v) is 5.51. The van der Waals surface area contributed by atoms with Crippen LogP contribution in [0, 0.1) is 0 Å². The second kappa shape index (κ2) is 4.45. The van der Waals surface area contributed by atoms with E-state index in [2.05, 4.69) is 5.32 Å². The van der Waals surface area contributed by atoms with Crippen molar-refractivity contribution in [3.63, 3.8) is 0 Å². The molecule has 1 N–H and O–H groups in total. The highest BCUT2D eigenvalue weighted by atomic mass is 16.4. The molecule has 0 unspecified atom stereocenters. The lowest BCUT2D eigenvalue weighted by Gasteiger charge is -2.02. The quantitative estimate of drug-likeness (QED) is 0.869. The van der Waals surface area contributed by atoms with Gasteiger partial charge in [-0.2, -0.15) is 0 Å². The Morgan fingerprint density at radius 1 is 1.47 bits per heavy atom. The Hall–Kier alpha value is -2.04. The van der Waals surface area contributed by atoms with Gasteiger partial charge in [-0.15, -0.1) is 0 Å². The van der Waals surface area contributed by atoms with Crippen molar-refractivity contribution >= 4 is 17.0 Å². The highest BCUT2D eigenvalue weighted by molar-refractivity contribution is 5.97. The Morgan fingerprint density at radius 3 is 2.94 bits per heavy atom. The minimum absolute atomic E-state index is 0.153. The fourth-order valence-corrected chi connectivity index (χ4v) is 1.62. The molecule has 5 nitrogen and oxygen atoms in total. The van der Waals surface area contributed by atoms with Crippen LogP contribution in [0.2, 0.25) is 0 Å². The van der Waals surface area contributed by atoms with Crippen molar-refractivity contribution in [1.82, 2.24) is 9.88 Å². The molecule has 90 valence electrons. The molecule has 0 atom stereocenters. The SMILES string of the molecule is CCCNC(=O)c1ccc2c(c1)oc(=O)n2C. The van der Waals surface area contributed by atoms with Gasteiger partial charge in [0.05, 0.1) is 5.52 Å². The van der Waals surface area contributed by atoms with Crippen LogP contribution in [0.4, 0.5) is 0 Å². The molecule has 0 bridgehead atoms. The molecule has 1 heterocycles. The molecule has 0 saturated heterocycles. The number of aromatic nitrogens is 1. The summed E-state index contributed by atoms with van der Waals surface area (Å²) in [7, 11) is 1.63. The minimum atomic E-state index is -0.425. The van der Waals surface area contributed by atoms with E-state index in [0.29, 0.717) is 23.2 Å². The van der Waals surface area contributed by atoms with Gasteiger partial charge in [-0.25, -0.2) is 4.79 Å². The molecule has 0 fully saturated rings. The van der Waals surface area contributed by atoms with E-state index >= 15 is 0 Å². The summed E-state index contributed by atoms with van der Waals surface area (Å²) < 4.78 is 6.43. The number of nitrogens with one attached hydrogen (secondary N) is 1. The van der Waals surface area contributed by atoms with Crippen LogP contribution in [-0.4, -0.2) is 17.0 Å². The average Bonchev–Trinajstić information content (AvgIpc) is 2.61. The summed E-state index contributed by atoms with van der Waals surface area (Å²) in [6.07, 6.45) is 0.883. The van der Waals surface area contributed by atoms with Crippen molar-refractivity contribution < 1.29 is 9.21 Å². The van der Waals surface area contributed by atoms with Crippen LogP contribution in [0.5, 0.6) is 0 Å². The van der Waals surface area contributed by atoms with Crippen LogP contribution >= 0.6 is 0 Å². The van der Waals surface area contributed by atoms with E-state index in [0.717, 1.165) is 6.42 Å². The second-order valence-electron chi connectivity index (χ2n) is 3.87. The van der Waals surface area contributed by atoms with Crippen molar-refractivity contribution in [2.75, 3.05) is 6.54 Å². The number of carbonyl (C=O) groups excluding carboxylic acids is 1. The van der Waals surface area contributed by atoms with Gasteiger partial charge in [-0.05, 0) is 24.6 Å². The van der Waals surface area contributed by atoms with Crippen LogP contribution in [0.15, 0.2) is 27.4 Å². The molecule has 0 aliphatic rings. The van der Waals surface area contributed by atoms with E-state index < -0.39 is 5.76 Å². The molecule has 0 radical (unpaired) electrons. The predicted octanol–water partition coefficient (Wildman–Crippen LogP) is 1.27. The third kappa shape index (κ3) is 2.08. The van der Waals surface area contributed by atoms with Crippen LogP contribution in [-0.2, 0) is 7.05 Å². The van der Waals surface area contributed by atoms with Crippen LogP contribution in [0.3, 0.4) is 0 Å². The number of fused-ring (bicyclic) bond motifs is 1. The summed E-state index contributed by atoms with van der Waals surface area (Å²) >= 11 is 0. The summed E-state index contributed by atoms with van der Waals surface area (Å²) in [4.78, 5) is 23.0. The summed E-state index contributed by atoms with van der Waals surface area (Å²) in [6, 6.07) is 4.98. The van der Waals surface area contributed by atoms with Crippen molar-refractivity contribution in [3.05, 3.63) is 34.3 Å². The summed E-state index contributed by atoms with van der Waals surface area (Å²) in [5, 5.41) is 2.77. The fraction of sp³-hybridized carbons (Fsp3) is 0.333. The zero-order chi connectivity index (χ0) is 12.4. The highest BCUT2D eigenvalue weighted by Crippen LogP contribution is 2.14. The van der Waals surface area contributed by atoms with Crippen LogP contribution < -0.4 is 11.1 Å². The van der Waals surface area contributed by atoms with Crippen molar-refractivity contribution in [2.24, 2.45) is 7.05 Å². The first-order chi connectivity index (χ1) is 8.13. The number of nitrogens with zero attached hydrogens (tertiary/aromatic N) is 1. The molecule has 1 aromatic carbocycles. The summed E-state index contributed by atoms with van der Waals surface area (Å²) in [5.41, 5.74) is 1.61. The minimum Gasteiger partial charge on any atom is -0.408 e. The van der Waals surface area contributed by atoms with Crippen molar-refractivity contribution in [3.8, 4) is 0 Å². The number of carbonyl (C=O) groups is 1. The van der Waals surface area contributed by atoms with Crippen molar-refractivity contribution in [2.45, 2.75) is 13.3 Å². The maximum absolute atomic E-state index is 11.7. The molecule has 5 heteroatoms. The zero-order valence-electron chi connectivity index (χ0n) is 9.82. The first-order valence-electron chi connectivity index (χ1n) is 5.51. The van der Waals surface area contributed by atoms with Gasteiger partial charge < -0.3 is 9.73 Å². The predicted molar refractivity (Wildman–Crippen MR) is 64.1 cm³/mol. The van der Waals surface area contributed by atoms with E-state index in [-0.39, 0.29) is 5.91 Å². The van der Waals surface area contributed by atoms with Gasteiger partial charge in [0.25, 0.3) is 5.91 Å². The standard InChI is InChI=1S/C12H14N2O3/c1-3-6-13-11(15)8-4-5-9-10(7-8)17-12(16)14(9)2/h4-5,7H,3,6H2,1-2H3,(H,13,15). The highest BCUT2D eigenvalue weighted by Gasteiger charge is 2.10. The number of hydrogen-bond donors (Lipinski definition) is 1. The van der Waals surface area contributed by atoms with Gasteiger partial charge in [0, 0.05) is 19.2 Å². The number of aryl methyl sites for hydroxylation is 1. The number of hydrogen-bond acceptors (Lipinski definition) is 3. The molecular formula is C12H14N2O3. The largest absolute Gasteiger partial charge is 0.419 e. The molecule has 1 amide bonds. The lowest BCUT2D eigenvalue weighted by atomic mass is 10.2. The van der Waals surface area contributed by atoms with Gasteiger partial charge in [0.2, 0.25) is 0 Å². The maximum atomic E-state index is 11.7.